The third kappa shape index (κ3) is 3.39. The lowest BCUT2D eigenvalue weighted by Crippen LogP contribution is -2.32. The fourth-order valence-electron chi connectivity index (χ4n) is 2.47. The first-order valence-electron chi connectivity index (χ1n) is 7.04. The van der Waals surface area contributed by atoms with E-state index in [-0.39, 0.29) is 18.4 Å². The van der Waals surface area contributed by atoms with Gasteiger partial charge in [-0.15, -0.1) is 11.3 Å². The van der Waals surface area contributed by atoms with Crippen LogP contribution < -0.4 is 0 Å². The molecule has 1 unspecified atom stereocenters. The van der Waals surface area contributed by atoms with E-state index in [1.165, 1.54) is 21.8 Å². The number of carbonyl (C=O) groups is 2. The largest absolute Gasteiger partial charge is 0.465 e. The molecular weight excluding hydrogens is 274 g/mol. The molecule has 1 aliphatic carbocycles. The van der Waals surface area contributed by atoms with E-state index in [0.717, 1.165) is 17.7 Å². The van der Waals surface area contributed by atoms with E-state index in [0.29, 0.717) is 12.5 Å². The molecule has 4 nitrogen and oxygen atoms in total. The van der Waals surface area contributed by atoms with Crippen LogP contribution in [0.1, 0.15) is 40.4 Å². The number of likely N-dealkylation sites (N-methyl/N-ethyl adjacent to an activating group) is 1. The average molecular weight is 295 g/mol. The van der Waals surface area contributed by atoms with Crippen LogP contribution in [0.5, 0.6) is 0 Å². The molecule has 2 rings (SSSR count). The molecule has 110 valence electrons. The average Bonchev–Trinajstić information content (AvgIpc) is 2.80. The molecule has 1 heterocycles. The SMILES string of the molecule is CCOC(=O)CN(C)C(=O)c1cc2c(s1)CCC(C)C2. The normalized spacial score (nSPS) is 17.4. The predicted octanol–water partition coefficient (Wildman–Crippen LogP) is 2.51. The van der Waals surface area contributed by atoms with Gasteiger partial charge in [-0.2, -0.15) is 0 Å². The van der Waals surface area contributed by atoms with Crippen LogP contribution in [0.15, 0.2) is 6.07 Å². The molecule has 1 atom stereocenters. The highest BCUT2D eigenvalue weighted by Gasteiger charge is 2.23. The quantitative estimate of drug-likeness (QED) is 0.802. The maximum absolute atomic E-state index is 12.3. The molecule has 0 saturated heterocycles. The number of carbonyl (C=O) groups excluding carboxylic acids is 2. The molecule has 0 N–H and O–H groups in total. The van der Waals surface area contributed by atoms with Gasteiger partial charge in [0.15, 0.2) is 0 Å². The molecular formula is C15H21NO3S. The van der Waals surface area contributed by atoms with E-state index in [2.05, 4.69) is 6.92 Å². The summed E-state index contributed by atoms with van der Waals surface area (Å²) in [4.78, 5) is 27.2. The summed E-state index contributed by atoms with van der Waals surface area (Å²) in [5.41, 5.74) is 1.31. The second kappa shape index (κ2) is 6.39. The van der Waals surface area contributed by atoms with Crippen LogP contribution in [-0.4, -0.2) is 37.0 Å². The lowest BCUT2D eigenvalue weighted by molar-refractivity contribution is -0.143. The number of thiophene rings is 1. The summed E-state index contributed by atoms with van der Waals surface area (Å²) in [5.74, 6) is 0.237. The highest BCUT2D eigenvalue weighted by molar-refractivity contribution is 7.14. The van der Waals surface area contributed by atoms with Crippen molar-refractivity contribution in [2.45, 2.75) is 33.1 Å². The van der Waals surface area contributed by atoms with Gasteiger partial charge in [0, 0.05) is 11.9 Å². The molecule has 1 amide bonds. The second-order valence-corrected chi connectivity index (χ2v) is 6.51. The molecule has 0 saturated carbocycles. The van der Waals surface area contributed by atoms with Gasteiger partial charge in [-0.3, -0.25) is 9.59 Å². The zero-order valence-electron chi connectivity index (χ0n) is 12.3. The Morgan fingerprint density at radius 3 is 2.95 bits per heavy atom. The van der Waals surface area contributed by atoms with E-state index in [1.54, 1.807) is 25.3 Å². The van der Waals surface area contributed by atoms with Crippen molar-refractivity contribution in [3.8, 4) is 0 Å². The molecule has 1 aliphatic rings. The van der Waals surface area contributed by atoms with Crippen molar-refractivity contribution in [1.82, 2.24) is 4.90 Å². The van der Waals surface area contributed by atoms with E-state index in [9.17, 15) is 9.59 Å². The Morgan fingerprint density at radius 2 is 2.25 bits per heavy atom. The van der Waals surface area contributed by atoms with Crippen LogP contribution in [0.2, 0.25) is 0 Å². The first-order chi connectivity index (χ1) is 9.51. The summed E-state index contributed by atoms with van der Waals surface area (Å²) in [6, 6.07) is 2.00. The zero-order chi connectivity index (χ0) is 14.7. The number of hydrogen-bond donors (Lipinski definition) is 0. The zero-order valence-corrected chi connectivity index (χ0v) is 13.1. The van der Waals surface area contributed by atoms with Gasteiger partial charge in [0.1, 0.15) is 6.54 Å². The monoisotopic (exact) mass is 295 g/mol. The maximum atomic E-state index is 12.3. The van der Waals surface area contributed by atoms with E-state index in [4.69, 9.17) is 4.74 Å². The van der Waals surface area contributed by atoms with Crippen LogP contribution in [0.25, 0.3) is 0 Å². The molecule has 0 bridgehead atoms. The van der Waals surface area contributed by atoms with Crippen molar-refractivity contribution in [3.63, 3.8) is 0 Å². The Balaban J connectivity index is 2.04. The molecule has 1 aromatic heterocycles. The standard InChI is InChI=1S/C15H21NO3S/c1-4-19-14(17)9-16(3)15(18)13-8-11-7-10(2)5-6-12(11)20-13/h8,10H,4-7,9H2,1-3H3. The molecule has 0 fully saturated rings. The van der Waals surface area contributed by atoms with Gasteiger partial charge in [0.05, 0.1) is 11.5 Å². The number of fused-ring (bicyclic) bond motifs is 1. The summed E-state index contributed by atoms with van der Waals surface area (Å²) in [6.45, 7) is 4.35. The summed E-state index contributed by atoms with van der Waals surface area (Å²) in [7, 11) is 1.64. The predicted molar refractivity (Wildman–Crippen MR) is 79.1 cm³/mol. The van der Waals surface area contributed by atoms with Gasteiger partial charge in [-0.25, -0.2) is 0 Å². The number of hydrogen-bond acceptors (Lipinski definition) is 4. The Morgan fingerprint density at radius 1 is 1.50 bits per heavy atom. The Kier molecular flexibility index (Phi) is 4.81. The van der Waals surface area contributed by atoms with Gasteiger partial charge in [-0.1, -0.05) is 6.92 Å². The molecule has 5 heteroatoms. The van der Waals surface area contributed by atoms with Crippen LogP contribution in [-0.2, 0) is 22.4 Å². The number of esters is 1. The fourth-order valence-corrected chi connectivity index (χ4v) is 3.67. The van der Waals surface area contributed by atoms with Crippen molar-refractivity contribution in [1.29, 1.82) is 0 Å². The second-order valence-electron chi connectivity index (χ2n) is 5.37. The molecule has 0 spiro atoms. The van der Waals surface area contributed by atoms with Crippen LogP contribution in [0.3, 0.4) is 0 Å². The van der Waals surface area contributed by atoms with E-state index < -0.39 is 0 Å². The summed E-state index contributed by atoms with van der Waals surface area (Å²) >= 11 is 1.57. The minimum absolute atomic E-state index is 0.00560. The number of rotatable bonds is 4. The van der Waals surface area contributed by atoms with Crippen molar-refractivity contribution < 1.29 is 14.3 Å². The van der Waals surface area contributed by atoms with Gasteiger partial charge >= 0.3 is 5.97 Å². The van der Waals surface area contributed by atoms with E-state index >= 15 is 0 Å². The highest BCUT2D eigenvalue weighted by Crippen LogP contribution is 2.32. The summed E-state index contributed by atoms with van der Waals surface area (Å²) < 4.78 is 4.86. The van der Waals surface area contributed by atoms with Crippen LogP contribution >= 0.6 is 11.3 Å². The smallest absolute Gasteiger partial charge is 0.325 e. The number of aryl methyl sites for hydroxylation is 1. The Bertz CT molecular complexity index is 509. The number of amides is 1. The molecule has 0 radical (unpaired) electrons. The fraction of sp³-hybridized carbons (Fsp3) is 0.600. The Hall–Kier alpha value is -1.36. The highest BCUT2D eigenvalue weighted by atomic mass is 32.1. The van der Waals surface area contributed by atoms with Gasteiger partial charge in [0.25, 0.3) is 5.91 Å². The van der Waals surface area contributed by atoms with Crippen molar-refractivity contribution >= 4 is 23.2 Å². The van der Waals surface area contributed by atoms with Crippen molar-refractivity contribution in [3.05, 3.63) is 21.4 Å². The minimum Gasteiger partial charge on any atom is -0.465 e. The molecule has 0 aromatic carbocycles. The lowest BCUT2D eigenvalue weighted by Gasteiger charge is -2.16. The van der Waals surface area contributed by atoms with Crippen LogP contribution in [0, 0.1) is 5.92 Å². The lowest BCUT2D eigenvalue weighted by atomic mass is 9.90. The van der Waals surface area contributed by atoms with Gasteiger partial charge < -0.3 is 9.64 Å². The van der Waals surface area contributed by atoms with Crippen molar-refractivity contribution in [2.75, 3.05) is 20.2 Å². The third-order valence-electron chi connectivity index (χ3n) is 3.56. The van der Waals surface area contributed by atoms with Gasteiger partial charge in [0.2, 0.25) is 0 Å². The molecule has 0 aliphatic heterocycles. The molecule has 20 heavy (non-hydrogen) atoms. The number of nitrogens with zero attached hydrogens (tertiary/aromatic N) is 1. The summed E-state index contributed by atoms with van der Waals surface area (Å²) in [5, 5.41) is 0. The first kappa shape index (κ1) is 15.0. The van der Waals surface area contributed by atoms with E-state index in [1.807, 2.05) is 6.07 Å². The van der Waals surface area contributed by atoms with Gasteiger partial charge in [-0.05, 0) is 43.7 Å². The van der Waals surface area contributed by atoms with Crippen molar-refractivity contribution in [2.24, 2.45) is 5.92 Å². The van der Waals surface area contributed by atoms with Crippen LogP contribution in [0.4, 0.5) is 0 Å². The summed E-state index contributed by atoms with van der Waals surface area (Å²) in [6.07, 6.45) is 3.32. The molecule has 1 aromatic rings. The topological polar surface area (TPSA) is 46.6 Å². The third-order valence-corrected chi connectivity index (χ3v) is 4.78. The number of ether oxygens (including phenoxy) is 1. The Labute approximate surface area is 123 Å². The minimum atomic E-state index is -0.363. The first-order valence-corrected chi connectivity index (χ1v) is 7.85. The maximum Gasteiger partial charge on any atom is 0.325 e.